The minimum Gasteiger partial charge on any atom is -0.390 e. The summed E-state index contributed by atoms with van der Waals surface area (Å²) >= 11 is 0. The van der Waals surface area contributed by atoms with Crippen LogP contribution in [0, 0.1) is 5.92 Å². The van der Waals surface area contributed by atoms with Gasteiger partial charge in [-0.3, -0.25) is 0 Å². The highest BCUT2D eigenvalue weighted by atomic mass is 16.5. The van der Waals surface area contributed by atoms with E-state index in [1.165, 1.54) is 0 Å². The highest BCUT2D eigenvalue weighted by Gasteiger charge is 2.31. The summed E-state index contributed by atoms with van der Waals surface area (Å²) in [6.45, 7) is 3.81. The molecule has 2 saturated heterocycles. The molecule has 88 valence electrons. The first-order chi connectivity index (χ1) is 7.29. The normalized spacial score (nSPS) is 35.0. The molecule has 0 amide bonds. The van der Waals surface area contributed by atoms with Crippen molar-refractivity contribution in [1.82, 2.24) is 5.32 Å². The molecule has 0 saturated carbocycles. The summed E-state index contributed by atoms with van der Waals surface area (Å²) in [5, 5.41) is 13.9. The van der Waals surface area contributed by atoms with Crippen LogP contribution in [0.4, 0.5) is 0 Å². The molecule has 2 rings (SSSR count). The minimum absolute atomic E-state index is 0.397. The third kappa shape index (κ3) is 3.44. The van der Waals surface area contributed by atoms with Gasteiger partial charge in [0.05, 0.1) is 5.60 Å². The molecule has 2 N–H and O–H groups in total. The fourth-order valence-corrected chi connectivity index (χ4v) is 2.81. The van der Waals surface area contributed by atoms with E-state index in [0.717, 1.165) is 64.8 Å². The van der Waals surface area contributed by atoms with E-state index in [1.54, 1.807) is 0 Å². The van der Waals surface area contributed by atoms with Crippen LogP contribution < -0.4 is 5.32 Å². The largest absolute Gasteiger partial charge is 0.390 e. The average Bonchev–Trinajstić information content (AvgIpc) is 2.45. The van der Waals surface area contributed by atoms with E-state index in [-0.39, 0.29) is 0 Å². The number of aliphatic hydroxyl groups is 1. The summed E-state index contributed by atoms with van der Waals surface area (Å²) in [7, 11) is 0. The molecule has 0 aromatic carbocycles. The summed E-state index contributed by atoms with van der Waals surface area (Å²) in [5.41, 5.74) is -0.397. The Morgan fingerprint density at radius 2 is 2.00 bits per heavy atom. The van der Waals surface area contributed by atoms with Gasteiger partial charge in [-0.1, -0.05) is 0 Å². The fourth-order valence-electron chi connectivity index (χ4n) is 2.81. The summed E-state index contributed by atoms with van der Waals surface area (Å²) in [4.78, 5) is 0. The Balaban J connectivity index is 1.83. The Hall–Kier alpha value is -0.120. The molecule has 2 aliphatic rings. The van der Waals surface area contributed by atoms with Gasteiger partial charge < -0.3 is 15.2 Å². The van der Waals surface area contributed by atoms with E-state index in [2.05, 4.69) is 5.32 Å². The molecule has 0 aromatic heterocycles. The first-order valence-corrected chi connectivity index (χ1v) is 6.29. The van der Waals surface area contributed by atoms with Crippen molar-refractivity contribution in [3.05, 3.63) is 0 Å². The molecule has 2 fully saturated rings. The summed E-state index contributed by atoms with van der Waals surface area (Å²) in [5.74, 6) is 0.682. The second kappa shape index (κ2) is 5.28. The zero-order valence-corrected chi connectivity index (χ0v) is 9.50. The SMILES string of the molecule is OC1(CC2CCOCC2)CCCNCC1. The van der Waals surface area contributed by atoms with Crippen LogP contribution in [0.15, 0.2) is 0 Å². The maximum absolute atomic E-state index is 10.5. The molecule has 2 heterocycles. The van der Waals surface area contributed by atoms with Crippen molar-refractivity contribution >= 4 is 0 Å². The van der Waals surface area contributed by atoms with Crippen LogP contribution in [0.5, 0.6) is 0 Å². The third-order valence-electron chi connectivity index (χ3n) is 3.77. The van der Waals surface area contributed by atoms with Crippen molar-refractivity contribution in [1.29, 1.82) is 0 Å². The van der Waals surface area contributed by atoms with Gasteiger partial charge in [0.2, 0.25) is 0 Å². The molecule has 0 aromatic rings. The number of hydrogen-bond acceptors (Lipinski definition) is 3. The van der Waals surface area contributed by atoms with Gasteiger partial charge >= 0.3 is 0 Å². The van der Waals surface area contributed by atoms with Gasteiger partial charge in [0.25, 0.3) is 0 Å². The molecular formula is C12H23NO2. The van der Waals surface area contributed by atoms with Gasteiger partial charge in [-0.15, -0.1) is 0 Å². The predicted molar refractivity (Wildman–Crippen MR) is 59.8 cm³/mol. The van der Waals surface area contributed by atoms with E-state index in [9.17, 15) is 5.11 Å². The molecule has 1 atom stereocenters. The lowest BCUT2D eigenvalue weighted by Gasteiger charge is -2.32. The number of ether oxygens (including phenoxy) is 1. The van der Waals surface area contributed by atoms with Crippen LogP contribution in [-0.2, 0) is 4.74 Å². The first-order valence-electron chi connectivity index (χ1n) is 6.29. The van der Waals surface area contributed by atoms with E-state index < -0.39 is 5.60 Å². The molecule has 0 aliphatic carbocycles. The molecule has 0 radical (unpaired) electrons. The first kappa shape index (κ1) is 11.4. The topological polar surface area (TPSA) is 41.5 Å². The Morgan fingerprint density at radius 1 is 1.20 bits per heavy atom. The van der Waals surface area contributed by atoms with E-state index in [0.29, 0.717) is 5.92 Å². The predicted octanol–water partition coefficient (Wildman–Crippen LogP) is 1.31. The number of rotatable bonds is 2. The standard InChI is InChI=1S/C12H23NO2/c14-12(4-1-6-13-7-5-12)10-11-2-8-15-9-3-11/h11,13-14H,1-10H2. The molecule has 0 spiro atoms. The average molecular weight is 213 g/mol. The monoisotopic (exact) mass is 213 g/mol. The Kier molecular flexibility index (Phi) is 4.00. The number of hydrogen-bond donors (Lipinski definition) is 2. The van der Waals surface area contributed by atoms with Crippen LogP contribution in [0.1, 0.15) is 38.5 Å². The quantitative estimate of drug-likeness (QED) is 0.726. The van der Waals surface area contributed by atoms with E-state index >= 15 is 0 Å². The minimum atomic E-state index is -0.397. The smallest absolute Gasteiger partial charge is 0.0663 e. The van der Waals surface area contributed by atoms with Crippen LogP contribution in [0.3, 0.4) is 0 Å². The lowest BCUT2D eigenvalue weighted by atomic mass is 9.82. The summed E-state index contributed by atoms with van der Waals surface area (Å²) in [6.07, 6.45) is 6.25. The maximum Gasteiger partial charge on any atom is 0.0663 e. The maximum atomic E-state index is 10.5. The van der Waals surface area contributed by atoms with Crippen molar-refractivity contribution in [2.24, 2.45) is 5.92 Å². The van der Waals surface area contributed by atoms with Crippen LogP contribution in [-0.4, -0.2) is 37.0 Å². The van der Waals surface area contributed by atoms with E-state index in [4.69, 9.17) is 4.74 Å². The lowest BCUT2D eigenvalue weighted by molar-refractivity contribution is -0.0196. The summed E-state index contributed by atoms with van der Waals surface area (Å²) < 4.78 is 5.35. The Labute approximate surface area is 92.2 Å². The Morgan fingerprint density at radius 3 is 2.80 bits per heavy atom. The van der Waals surface area contributed by atoms with Crippen molar-refractivity contribution in [2.45, 2.75) is 44.1 Å². The van der Waals surface area contributed by atoms with Crippen molar-refractivity contribution < 1.29 is 9.84 Å². The van der Waals surface area contributed by atoms with Crippen LogP contribution >= 0.6 is 0 Å². The lowest BCUT2D eigenvalue weighted by Crippen LogP contribution is -2.34. The van der Waals surface area contributed by atoms with Gasteiger partial charge in [0.1, 0.15) is 0 Å². The highest BCUT2D eigenvalue weighted by Crippen LogP contribution is 2.31. The second-order valence-corrected chi connectivity index (χ2v) is 5.09. The Bertz CT molecular complexity index is 182. The zero-order chi connectivity index (χ0) is 10.6. The molecule has 3 heteroatoms. The number of nitrogens with one attached hydrogen (secondary N) is 1. The van der Waals surface area contributed by atoms with Gasteiger partial charge in [-0.2, -0.15) is 0 Å². The molecule has 1 unspecified atom stereocenters. The fraction of sp³-hybridized carbons (Fsp3) is 1.00. The molecular weight excluding hydrogens is 190 g/mol. The zero-order valence-electron chi connectivity index (χ0n) is 9.50. The van der Waals surface area contributed by atoms with Crippen LogP contribution in [0.25, 0.3) is 0 Å². The van der Waals surface area contributed by atoms with Crippen LogP contribution in [0.2, 0.25) is 0 Å². The molecule has 2 aliphatic heterocycles. The molecule has 0 bridgehead atoms. The van der Waals surface area contributed by atoms with Crippen molar-refractivity contribution in [2.75, 3.05) is 26.3 Å². The second-order valence-electron chi connectivity index (χ2n) is 5.09. The molecule has 3 nitrogen and oxygen atoms in total. The third-order valence-corrected chi connectivity index (χ3v) is 3.77. The van der Waals surface area contributed by atoms with Gasteiger partial charge in [0.15, 0.2) is 0 Å². The van der Waals surface area contributed by atoms with Gasteiger partial charge in [0, 0.05) is 13.2 Å². The van der Waals surface area contributed by atoms with Crippen molar-refractivity contribution in [3.8, 4) is 0 Å². The highest BCUT2D eigenvalue weighted by molar-refractivity contribution is 4.85. The van der Waals surface area contributed by atoms with E-state index in [1.807, 2.05) is 0 Å². The van der Waals surface area contributed by atoms with Gasteiger partial charge in [-0.05, 0) is 57.5 Å². The summed E-state index contributed by atoms with van der Waals surface area (Å²) in [6, 6.07) is 0. The molecule has 15 heavy (non-hydrogen) atoms. The van der Waals surface area contributed by atoms with Gasteiger partial charge in [-0.25, -0.2) is 0 Å². The van der Waals surface area contributed by atoms with Crippen molar-refractivity contribution in [3.63, 3.8) is 0 Å².